The second-order valence-electron chi connectivity index (χ2n) is 8.90. The molecule has 12 heteroatoms. The molecule has 0 aromatic carbocycles. The van der Waals surface area contributed by atoms with Crippen molar-refractivity contribution >= 4 is 35.6 Å². The molecule has 0 rings (SSSR count). The summed E-state index contributed by atoms with van der Waals surface area (Å²) in [6.45, 7) is 20.7. The number of ketones is 1. The van der Waals surface area contributed by atoms with Crippen LogP contribution in [-0.4, -0.2) is 81.9 Å². The molecule has 0 aromatic heterocycles. The summed E-state index contributed by atoms with van der Waals surface area (Å²) in [6.07, 6.45) is 5.34. The zero-order valence-electron chi connectivity index (χ0n) is 23.5. The Balaban J connectivity index is 6.47. The highest BCUT2D eigenvalue weighted by Gasteiger charge is 2.40. The van der Waals surface area contributed by atoms with Crippen LogP contribution in [0.25, 0.3) is 0 Å². The van der Waals surface area contributed by atoms with Crippen LogP contribution in [0, 0.1) is 10.8 Å². The number of esters is 5. The van der Waals surface area contributed by atoms with Crippen molar-refractivity contribution in [3.63, 3.8) is 0 Å². The van der Waals surface area contributed by atoms with Crippen molar-refractivity contribution in [2.75, 3.05) is 46.2 Å². The average Bonchev–Trinajstić information content (AvgIpc) is 3.01. The Kier molecular flexibility index (Phi) is 17.1. The molecule has 42 heavy (non-hydrogen) atoms. The van der Waals surface area contributed by atoms with Crippen LogP contribution in [0.4, 0.5) is 0 Å². The quantitative estimate of drug-likeness (QED) is 0.0976. The second kappa shape index (κ2) is 19.3. The van der Waals surface area contributed by atoms with E-state index in [1.54, 1.807) is 0 Å². The van der Waals surface area contributed by atoms with E-state index < -0.39 is 86.1 Å². The normalized spacial score (nSPS) is 10.6. The Bertz CT molecular complexity index is 1010. The van der Waals surface area contributed by atoms with Gasteiger partial charge < -0.3 is 28.4 Å². The monoisotopic (exact) mass is 588 g/mol. The lowest BCUT2D eigenvalue weighted by molar-refractivity contribution is -0.165. The molecule has 0 radical (unpaired) electrons. The molecule has 228 valence electrons. The van der Waals surface area contributed by atoms with Gasteiger partial charge in [-0.25, -0.2) is 24.0 Å². The van der Waals surface area contributed by atoms with Gasteiger partial charge in [0.05, 0.1) is 24.0 Å². The van der Waals surface area contributed by atoms with Gasteiger partial charge in [-0.05, 0) is 18.1 Å². The SMILES string of the molecule is C=CC(=O)OCC(COCC(COC(=O)C=C)(COC(=O)C=C)CC(=C)C(=O)C=C)(COC(=O)C=C)COC(=O)C=C. The number of hydrogen-bond donors (Lipinski definition) is 0. The first-order chi connectivity index (χ1) is 19.8. The number of hydrogen-bond acceptors (Lipinski definition) is 12. The Morgan fingerprint density at radius 2 is 0.738 bits per heavy atom. The van der Waals surface area contributed by atoms with Gasteiger partial charge in [0, 0.05) is 30.4 Å². The van der Waals surface area contributed by atoms with E-state index in [1.807, 2.05) is 0 Å². The predicted octanol–water partition coefficient (Wildman–Crippen LogP) is 2.32. The summed E-state index contributed by atoms with van der Waals surface area (Å²) in [4.78, 5) is 71.7. The highest BCUT2D eigenvalue weighted by molar-refractivity contribution is 6.03. The fourth-order valence-electron chi connectivity index (χ4n) is 3.11. The van der Waals surface area contributed by atoms with Gasteiger partial charge in [-0.3, -0.25) is 4.79 Å². The molecule has 0 aliphatic rings. The van der Waals surface area contributed by atoms with E-state index in [-0.39, 0.29) is 18.6 Å². The minimum absolute atomic E-state index is 0.0314. The molecule has 12 nitrogen and oxygen atoms in total. The van der Waals surface area contributed by atoms with E-state index in [0.29, 0.717) is 0 Å². The minimum atomic E-state index is -1.48. The lowest BCUT2D eigenvalue weighted by Crippen LogP contribution is -2.45. The van der Waals surface area contributed by atoms with Crippen LogP contribution in [0.15, 0.2) is 88.1 Å². The lowest BCUT2D eigenvalue weighted by atomic mass is 9.82. The fraction of sp³-hybridized carbons (Fsp3) is 0.333. The summed E-state index contributed by atoms with van der Waals surface area (Å²) < 4.78 is 31.9. The Hall–Kier alpha value is -4.84. The van der Waals surface area contributed by atoms with E-state index in [2.05, 4.69) is 46.1 Å². The van der Waals surface area contributed by atoms with Crippen molar-refractivity contribution in [2.45, 2.75) is 6.42 Å². The van der Waals surface area contributed by atoms with Crippen LogP contribution in [0.2, 0.25) is 0 Å². The van der Waals surface area contributed by atoms with Crippen molar-refractivity contribution in [2.24, 2.45) is 10.8 Å². The van der Waals surface area contributed by atoms with Crippen molar-refractivity contribution in [3.05, 3.63) is 88.1 Å². The molecule has 0 aromatic rings. The molecule has 0 heterocycles. The maximum absolute atomic E-state index is 12.3. The summed E-state index contributed by atoms with van der Waals surface area (Å²) in [5.41, 5.74) is -2.85. The van der Waals surface area contributed by atoms with Crippen LogP contribution in [0.1, 0.15) is 6.42 Å². The molecule has 0 aliphatic heterocycles. The van der Waals surface area contributed by atoms with Crippen LogP contribution in [0.5, 0.6) is 0 Å². The Labute approximate surface area is 244 Å². The third-order valence-electron chi connectivity index (χ3n) is 5.38. The first-order valence-corrected chi connectivity index (χ1v) is 12.2. The van der Waals surface area contributed by atoms with Gasteiger partial charge in [-0.1, -0.05) is 46.1 Å². The van der Waals surface area contributed by atoms with Crippen LogP contribution >= 0.6 is 0 Å². The maximum Gasteiger partial charge on any atom is 0.330 e. The number of ether oxygens (including phenoxy) is 6. The largest absolute Gasteiger partial charge is 0.462 e. The number of rotatable bonds is 23. The van der Waals surface area contributed by atoms with Gasteiger partial charge in [-0.2, -0.15) is 0 Å². The van der Waals surface area contributed by atoms with Gasteiger partial charge in [0.2, 0.25) is 0 Å². The zero-order chi connectivity index (χ0) is 32.2. The van der Waals surface area contributed by atoms with E-state index >= 15 is 0 Å². The van der Waals surface area contributed by atoms with E-state index in [1.165, 1.54) is 0 Å². The average molecular weight is 589 g/mol. The van der Waals surface area contributed by atoms with Crippen molar-refractivity contribution in [3.8, 4) is 0 Å². The molecule has 0 amide bonds. The summed E-state index contributed by atoms with van der Waals surface area (Å²) >= 11 is 0. The van der Waals surface area contributed by atoms with Crippen LogP contribution in [-0.2, 0) is 57.2 Å². The molecule has 0 unspecified atom stereocenters. The first kappa shape index (κ1) is 37.2. The van der Waals surface area contributed by atoms with E-state index in [0.717, 1.165) is 36.5 Å². The van der Waals surface area contributed by atoms with Crippen molar-refractivity contribution in [1.29, 1.82) is 0 Å². The van der Waals surface area contributed by atoms with Gasteiger partial charge in [-0.15, -0.1) is 0 Å². The molecule has 0 atom stereocenters. The van der Waals surface area contributed by atoms with Gasteiger partial charge in [0.25, 0.3) is 0 Å². The fourth-order valence-corrected chi connectivity index (χ4v) is 3.11. The minimum Gasteiger partial charge on any atom is -0.462 e. The molecule has 0 saturated heterocycles. The summed E-state index contributed by atoms with van der Waals surface area (Å²) in [5.74, 6) is -4.63. The van der Waals surface area contributed by atoms with E-state index in [9.17, 15) is 28.8 Å². The molecule has 0 N–H and O–H groups in total. The second-order valence-corrected chi connectivity index (χ2v) is 8.90. The summed E-state index contributed by atoms with van der Waals surface area (Å²) in [7, 11) is 0. The van der Waals surface area contributed by atoms with Gasteiger partial charge in [0.1, 0.15) is 33.0 Å². The van der Waals surface area contributed by atoms with Crippen molar-refractivity contribution in [1.82, 2.24) is 0 Å². The number of carbonyl (C=O) groups excluding carboxylic acids is 6. The topological polar surface area (TPSA) is 158 Å². The highest BCUT2D eigenvalue weighted by Crippen LogP contribution is 2.31. The Morgan fingerprint density at radius 1 is 0.452 bits per heavy atom. The van der Waals surface area contributed by atoms with Gasteiger partial charge >= 0.3 is 29.8 Å². The molecular formula is C30H36O12. The number of allylic oxidation sites excluding steroid dienone is 2. The van der Waals surface area contributed by atoms with Crippen molar-refractivity contribution < 1.29 is 57.2 Å². The van der Waals surface area contributed by atoms with Gasteiger partial charge in [0.15, 0.2) is 5.78 Å². The third-order valence-corrected chi connectivity index (χ3v) is 5.38. The lowest BCUT2D eigenvalue weighted by Gasteiger charge is -2.36. The molecule has 0 saturated carbocycles. The molecular weight excluding hydrogens is 552 g/mol. The molecule has 0 fully saturated rings. The maximum atomic E-state index is 12.3. The summed E-state index contributed by atoms with van der Waals surface area (Å²) in [5, 5.41) is 0. The molecule has 0 aliphatic carbocycles. The zero-order valence-corrected chi connectivity index (χ0v) is 23.5. The summed E-state index contributed by atoms with van der Waals surface area (Å²) in [6, 6.07) is 0. The van der Waals surface area contributed by atoms with E-state index in [4.69, 9.17) is 28.4 Å². The molecule has 0 spiro atoms. The first-order valence-electron chi connectivity index (χ1n) is 12.2. The highest BCUT2D eigenvalue weighted by atomic mass is 16.6. The molecule has 0 bridgehead atoms. The van der Waals surface area contributed by atoms with Crippen LogP contribution in [0.3, 0.4) is 0 Å². The third kappa shape index (κ3) is 14.0. The Morgan fingerprint density at radius 3 is 1.02 bits per heavy atom. The number of carbonyl (C=O) groups is 6. The predicted molar refractivity (Wildman–Crippen MR) is 150 cm³/mol. The smallest absolute Gasteiger partial charge is 0.330 e. The standard InChI is InChI=1S/C30H36O12/c1-8-23(31)22(7)14-29(17-38-24(32)9-2,18-39-25(33)10-3)15-37-16-30(19-40-26(34)11-4,20-41-27(35)12-5)21-42-28(36)13-6/h8-13H,1-7,14-21H2. The van der Waals surface area contributed by atoms with Crippen LogP contribution < -0.4 is 0 Å².